The van der Waals surface area contributed by atoms with Gasteiger partial charge in [-0.3, -0.25) is 4.98 Å². The molecule has 0 aromatic carbocycles. The van der Waals surface area contributed by atoms with Crippen molar-refractivity contribution in [2.45, 2.75) is 13.5 Å². The van der Waals surface area contributed by atoms with Crippen molar-refractivity contribution >= 4 is 0 Å². The average molecular weight is 191 g/mol. The van der Waals surface area contributed by atoms with Gasteiger partial charge >= 0.3 is 0 Å². The van der Waals surface area contributed by atoms with Crippen molar-refractivity contribution in [3.63, 3.8) is 0 Å². The highest BCUT2D eigenvalue weighted by atomic mass is 16.5. The molecule has 0 atom stereocenters. The quantitative estimate of drug-likeness (QED) is 0.764. The topological polar surface area (TPSA) is 72.0 Å². The van der Waals surface area contributed by atoms with Gasteiger partial charge in [0.05, 0.1) is 0 Å². The van der Waals surface area contributed by atoms with Crippen LogP contribution < -0.4 is 0 Å². The van der Waals surface area contributed by atoms with E-state index in [1.165, 1.54) is 0 Å². The third-order valence-electron chi connectivity index (χ3n) is 1.82. The minimum absolute atomic E-state index is 0.199. The molecule has 5 heteroatoms. The summed E-state index contributed by atoms with van der Waals surface area (Å²) < 4.78 is 4.77. The molecule has 0 bridgehead atoms. The van der Waals surface area contributed by atoms with Crippen molar-refractivity contribution in [1.82, 2.24) is 15.1 Å². The van der Waals surface area contributed by atoms with Crippen LogP contribution in [0.15, 0.2) is 22.9 Å². The van der Waals surface area contributed by atoms with Crippen molar-refractivity contribution in [2.75, 3.05) is 0 Å². The van der Waals surface area contributed by atoms with E-state index in [0.717, 1.165) is 5.56 Å². The molecule has 0 aliphatic carbocycles. The third kappa shape index (κ3) is 1.49. The predicted octanol–water partition coefficient (Wildman–Crippen LogP) is 0.932. The third-order valence-corrected chi connectivity index (χ3v) is 1.82. The van der Waals surface area contributed by atoms with Gasteiger partial charge in [0.1, 0.15) is 12.3 Å². The number of aryl methyl sites for hydroxylation is 1. The van der Waals surface area contributed by atoms with Crippen molar-refractivity contribution < 1.29 is 9.63 Å². The van der Waals surface area contributed by atoms with E-state index in [4.69, 9.17) is 9.63 Å². The van der Waals surface area contributed by atoms with Gasteiger partial charge in [-0.2, -0.15) is 4.98 Å². The zero-order valence-corrected chi connectivity index (χ0v) is 7.64. The van der Waals surface area contributed by atoms with Gasteiger partial charge in [-0.05, 0) is 18.6 Å². The lowest BCUT2D eigenvalue weighted by atomic mass is 10.2. The van der Waals surface area contributed by atoms with Crippen LogP contribution in [0.5, 0.6) is 0 Å². The highest BCUT2D eigenvalue weighted by molar-refractivity contribution is 5.52. The summed E-state index contributed by atoms with van der Waals surface area (Å²) in [5, 5.41) is 12.5. The number of aliphatic hydroxyl groups is 1. The molecular formula is C9H9N3O2. The summed E-state index contributed by atoms with van der Waals surface area (Å²) in [5.41, 5.74) is 1.65. The molecule has 0 spiro atoms. The number of hydrogen-bond acceptors (Lipinski definition) is 5. The second-order valence-corrected chi connectivity index (χ2v) is 2.84. The number of aromatic nitrogens is 3. The van der Waals surface area contributed by atoms with Crippen molar-refractivity contribution in [1.29, 1.82) is 0 Å². The van der Waals surface area contributed by atoms with E-state index in [1.54, 1.807) is 6.20 Å². The summed E-state index contributed by atoms with van der Waals surface area (Å²) in [6, 6.07) is 3.75. The van der Waals surface area contributed by atoms with Crippen LogP contribution in [-0.4, -0.2) is 20.2 Å². The van der Waals surface area contributed by atoms with E-state index in [0.29, 0.717) is 11.5 Å². The molecule has 0 fully saturated rings. The monoisotopic (exact) mass is 191 g/mol. The van der Waals surface area contributed by atoms with E-state index in [9.17, 15) is 0 Å². The molecule has 0 aliphatic rings. The van der Waals surface area contributed by atoms with Gasteiger partial charge in [-0.25, -0.2) is 0 Å². The second kappa shape index (κ2) is 3.55. The Bertz CT molecular complexity index is 439. The summed E-state index contributed by atoms with van der Waals surface area (Å²) in [6.07, 6.45) is 1.66. The smallest absolute Gasteiger partial charge is 0.252 e. The summed E-state index contributed by atoms with van der Waals surface area (Å²) in [7, 11) is 0. The molecule has 2 heterocycles. The normalized spacial score (nSPS) is 10.4. The number of pyridine rings is 1. The minimum Gasteiger partial charge on any atom is -0.387 e. The van der Waals surface area contributed by atoms with Crippen molar-refractivity contribution in [3.8, 4) is 11.5 Å². The standard InChI is InChI=1S/C9H9N3O2/c1-6-3-2-4-10-8(6)9-11-7(5-13)14-12-9/h2-4,13H,5H2,1H3. The molecule has 5 nitrogen and oxygen atoms in total. The lowest BCUT2D eigenvalue weighted by molar-refractivity contribution is 0.222. The first-order chi connectivity index (χ1) is 6.81. The van der Waals surface area contributed by atoms with Crippen LogP contribution in [0.4, 0.5) is 0 Å². The fourth-order valence-corrected chi connectivity index (χ4v) is 1.14. The number of rotatable bonds is 2. The van der Waals surface area contributed by atoms with Crippen LogP contribution in [0, 0.1) is 6.92 Å². The van der Waals surface area contributed by atoms with Gasteiger partial charge in [0.25, 0.3) is 5.89 Å². The molecule has 2 aromatic heterocycles. The Balaban J connectivity index is 2.44. The Kier molecular flexibility index (Phi) is 2.24. The first kappa shape index (κ1) is 8.83. The molecule has 2 aromatic rings. The highest BCUT2D eigenvalue weighted by Gasteiger charge is 2.10. The van der Waals surface area contributed by atoms with Crippen LogP contribution in [0.2, 0.25) is 0 Å². The fraction of sp³-hybridized carbons (Fsp3) is 0.222. The summed E-state index contributed by atoms with van der Waals surface area (Å²) in [5.74, 6) is 0.609. The van der Waals surface area contributed by atoms with Gasteiger partial charge in [0.2, 0.25) is 5.82 Å². The van der Waals surface area contributed by atoms with E-state index >= 15 is 0 Å². The lowest BCUT2D eigenvalue weighted by Crippen LogP contribution is -1.89. The summed E-state index contributed by atoms with van der Waals surface area (Å²) in [6.45, 7) is 1.66. The Morgan fingerprint density at radius 2 is 2.36 bits per heavy atom. The Morgan fingerprint density at radius 3 is 3.00 bits per heavy atom. The lowest BCUT2D eigenvalue weighted by Gasteiger charge is -1.96. The van der Waals surface area contributed by atoms with E-state index < -0.39 is 0 Å². The van der Waals surface area contributed by atoms with E-state index in [-0.39, 0.29) is 12.5 Å². The molecule has 0 saturated carbocycles. The van der Waals surface area contributed by atoms with Gasteiger partial charge in [-0.1, -0.05) is 11.2 Å². The Labute approximate surface area is 80.4 Å². The van der Waals surface area contributed by atoms with Gasteiger partial charge in [-0.15, -0.1) is 0 Å². The molecule has 1 N–H and O–H groups in total. The summed E-state index contributed by atoms with van der Waals surface area (Å²) in [4.78, 5) is 8.10. The molecule has 0 unspecified atom stereocenters. The Hall–Kier alpha value is -1.75. The highest BCUT2D eigenvalue weighted by Crippen LogP contribution is 2.16. The van der Waals surface area contributed by atoms with Gasteiger partial charge in [0, 0.05) is 6.20 Å². The van der Waals surface area contributed by atoms with Crippen LogP contribution in [0.25, 0.3) is 11.5 Å². The van der Waals surface area contributed by atoms with Crippen LogP contribution in [0.1, 0.15) is 11.5 Å². The maximum Gasteiger partial charge on any atom is 0.252 e. The van der Waals surface area contributed by atoms with Crippen molar-refractivity contribution in [2.24, 2.45) is 0 Å². The van der Waals surface area contributed by atoms with E-state index in [2.05, 4.69) is 15.1 Å². The van der Waals surface area contributed by atoms with E-state index in [1.807, 2.05) is 19.1 Å². The zero-order valence-electron chi connectivity index (χ0n) is 7.64. The average Bonchev–Trinajstić information content (AvgIpc) is 2.67. The Morgan fingerprint density at radius 1 is 1.50 bits per heavy atom. The first-order valence-electron chi connectivity index (χ1n) is 4.16. The first-order valence-corrected chi connectivity index (χ1v) is 4.16. The molecular weight excluding hydrogens is 182 g/mol. The number of nitrogens with zero attached hydrogens (tertiary/aromatic N) is 3. The maximum atomic E-state index is 8.75. The molecule has 2 rings (SSSR count). The summed E-state index contributed by atoms with van der Waals surface area (Å²) >= 11 is 0. The zero-order chi connectivity index (χ0) is 9.97. The predicted molar refractivity (Wildman–Crippen MR) is 48.2 cm³/mol. The van der Waals surface area contributed by atoms with Crippen LogP contribution in [0.3, 0.4) is 0 Å². The van der Waals surface area contributed by atoms with Gasteiger partial charge in [0.15, 0.2) is 0 Å². The van der Waals surface area contributed by atoms with Crippen molar-refractivity contribution in [3.05, 3.63) is 29.8 Å². The molecule has 0 radical (unpaired) electrons. The molecule has 0 amide bonds. The molecule has 14 heavy (non-hydrogen) atoms. The number of hydrogen-bond donors (Lipinski definition) is 1. The molecule has 0 saturated heterocycles. The molecule has 0 aliphatic heterocycles. The number of aliphatic hydroxyl groups excluding tert-OH is 1. The van der Waals surface area contributed by atoms with Gasteiger partial charge < -0.3 is 9.63 Å². The van der Waals surface area contributed by atoms with Crippen LogP contribution in [-0.2, 0) is 6.61 Å². The fourth-order valence-electron chi connectivity index (χ4n) is 1.14. The van der Waals surface area contributed by atoms with Crippen LogP contribution >= 0.6 is 0 Å². The second-order valence-electron chi connectivity index (χ2n) is 2.84. The SMILES string of the molecule is Cc1cccnc1-c1noc(CO)n1. The molecule has 72 valence electrons. The minimum atomic E-state index is -0.251. The maximum absolute atomic E-state index is 8.75. The largest absolute Gasteiger partial charge is 0.387 e.